The van der Waals surface area contributed by atoms with Crippen molar-refractivity contribution in [3.8, 4) is 0 Å². The Labute approximate surface area is 108 Å². The molecular weight excluding hydrogens is 240 g/mol. The van der Waals surface area contributed by atoms with E-state index in [2.05, 4.69) is 5.32 Å². The van der Waals surface area contributed by atoms with Crippen LogP contribution in [0.2, 0.25) is 0 Å². The predicted octanol–water partition coefficient (Wildman–Crippen LogP) is 1.26. The first-order chi connectivity index (χ1) is 7.79. The SMILES string of the molecule is CCOC(C(=O)NCCN)c1ccccc1.Cl. The number of nitrogens with two attached hydrogens (primary N) is 1. The zero-order chi connectivity index (χ0) is 11.8. The maximum absolute atomic E-state index is 11.8. The zero-order valence-electron chi connectivity index (χ0n) is 9.89. The van der Waals surface area contributed by atoms with Crippen molar-refractivity contribution in [3.63, 3.8) is 0 Å². The van der Waals surface area contributed by atoms with Crippen LogP contribution in [0.15, 0.2) is 30.3 Å². The van der Waals surface area contributed by atoms with E-state index in [-0.39, 0.29) is 18.3 Å². The molecule has 0 aliphatic carbocycles. The molecule has 1 unspecified atom stereocenters. The first-order valence-electron chi connectivity index (χ1n) is 5.44. The van der Waals surface area contributed by atoms with Crippen molar-refractivity contribution in [1.82, 2.24) is 5.32 Å². The Bertz CT molecular complexity index is 320. The van der Waals surface area contributed by atoms with Crippen molar-refractivity contribution in [3.05, 3.63) is 35.9 Å². The molecule has 1 aromatic rings. The first kappa shape index (κ1) is 15.9. The molecule has 1 rings (SSSR count). The Balaban J connectivity index is 0.00000256. The monoisotopic (exact) mass is 258 g/mol. The highest BCUT2D eigenvalue weighted by Crippen LogP contribution is 2.16. The van der Waals surface area contributed by atoms with Gasteiger partial charge in [0.1, 0.15) is 0 Å². The van der Waals surface area contributed by atoms with Gasteiger partial charge >= 0.3 is 0 Å². The Kier molecular flexibility index (Phi) is 8.40. The molecule has 0 fully saturated rings. The standard InChI is InChI=1S/C12H18N2O2.ClH/c1-2-16-11(12(15)14-9-8-13)10-6-4-3-5-7-10;/h3-7,11H,2,8-9,13H2,1H3,(H,14,15);1H. The summed E-state index contributed by atoms with van der Waals surface area (Å²) in [5, 5.41) is 2.73. The van der Waals surface area contributed by atoms with E-state index in [1.165, 1.54) is 0 Å². The number of ether oxygens (including phenoxy) is 1. The number of amides is 1. The topological polar surface area (TPSA) is 64.3 Å². The molecule has 1 amide bonds. The smallest absolute Gasteiger partial charge is 0.253 e. The van der Waals surface area contributed by atoms with Gasteiger partial charge in [0.05, 0.1) is 0 Å². The number of hydrogen-bond donors (Lipinski definition) is 2. The lowest BCUT2D eigenvalue weighted by molar-refractivity contribution is -0.132. The molecule has 96 valence electrons. The summed E-state index contributed by atoms with van der Waals surface area (Å²) < 4.78 is 5.43. The molecule has 1 atom stereocenters. The Hall–Kier alpha value is -1.10. The second kappa shape index (κ2) is 8.98. The van der Waals surface area contributed by atoms with Gasteiger partial charge in [0.2, 0.25) is 0 Å². The summed E-state index contributed by atoms with van der Waals surface area (Å²) in [6, 6.07) is 9.43. The highest BCUT2D eigenvalue weighted by molar-refractivity contribution is 5.85. The largest absolute Gasteiger partial charge is 0.364 e. The molecule has 0 aliphatic heterocycles. The van der Waals surface area contributed by atoms with Gasteiger partial charge in [-0.25, -0.2) is 0 Å². The number of nitrogens with one attached hydrogen (secondary N) is 1. The van der Waals surface area contributed by atoms with Crippen molar-refractivity contribution in [1.29, 1.82) is 0 Å². The van der Waals surface area contributed by atoms with E-state index in [1.54, 1.807) is 0 Å². The van der Waals surface area contributed by atoms with Gasteiger partial charge in [0.15, 0.2) is 6.10 Å². The minimum Gasteiger partial charge on any atom is -0.364 e. The summed E-state index contributed by atoms with van der Waals surface area (Å²) in [5.74, 6) is -0.140. The average Bonchev–Trinajstić information content (AvgIpc) is 2.34. The maximum Gasteiger partial charge on any atom is 0.253 e. The normalized spacial score (nSPS) is 11.4. The van der Waals surface area contributed by atoms with E-state index in [4.69, 9.17) is 10.5 Å². The predicted molar refractivity (Wildman–Crippen MR) is 70.1 cm³/mol. The van der Waals surface area contributed by atoms with E-state index in [9.17, 15) is 4.79 Å². The molecular formula is C12H19ClN2O2. The maximum atomic E-state index is 11.8. The molecule has 0 aliphatic rings. The molecule has 0 aromatic heterocycles. The second-order valence-corrected chi connectivity index (χ2v) is 3.33. The lowest BCUT2D eigenvalue weighted by Gasteiger charge is -2.16. The van der Waals surface area contributed by atoms with Crippen molar-refractivity contribution < 1.29 is 9.53 Å². The first-order valence-corrected chi connectivity index (χ1v) is 5.44. The van der Waals surface area contributed by atoms with Gasteiger partial charge in [-0.3, -0.25) is 4.79 Å². The second-order valence-electron chi connectivity index (χ2n) is 3.33. The van der Waals surface area contributed by atoms with Crippen LogP contribution in [-0.4, -0.2) is 25.6 Å². The van der Waals surface area contributed by atoms with Crippen molar-refractivity contribution in [2.75, 3.05) is 19.7 Å². The van der Waals surface area contributed by atoms with E-state index in [1.807, 2.05) is 37.3 Å². The zero-order valence-corrected chi connectivity index (χ0v) is 10.7. The molecule has 0 spiro atoms. The third-order valence-electron chi connectivity index (χ3n) is 2.12. The van der Waals surface area contributed by atoms with Gasteiger partial charge in [0, 0.05) is 19.7 Å². The van der Waals surface area contributed by atoms with E-state index < -0.39 is 6.10 Å². The fourth-order valence-electron chi connectivity index (χ4n) is 1.41. The van der Waals surface area contributed by atoms with Crippen LogP contribution in [0, 0.1) is 0 Å². The van der Waals surface area contributed by atoms with Crippen LogP contribution < -0.4 is 11.1 Å². The Morgan fingerprint density at radius 1 is 1.41 bits per heavy atom. The summed E-state index contributed by atoms with van der Waals surface area (Å²) in [6.07, 6.45) is -0.544. The lowest BCUT2D eigenvalue weighted by Crippen LogP contribution is -2.34. The van der Waals surface area contributed by atoms with E-state index in [0.717, 1.165) is 5.56 Å². The van der Waals surface area contributed by atoms with Crippen LogP contribution >= 0.6 is 12.4 Å². The molecule has 0 saturated carbocycles. The summed E-state index contributed by atoms with van der Waals surface area (Å²) in [6.45, 7) is 3.26. The minimum absolute atomic E-state index is 0. The van der Waals surface area contributed by atoms with Gasteiger partial charge in [0.25, 0.3) is 5.91 Å². The molecule has 17 heavy (non-hydrogen) atoms. The molecule has 0 radical (unpaired) electrons. The molecule has 1 aromatic carbocycles. The number of benzene rings is 1. The van der Waals surface area contributed by atoms with Crippen molar-refractivity contribution >= 4 is 18.3 Å². The van der Waals surface area contributed by atoms with Gasteiger partial charge in [-0.2, -0.15) is 0 Å². The highest BCUT2D eigenvalue weighted by atomic mass is 35.5. The summed E-state index contributed by atoms with van der Waals surface area (Å²) in [7, 11) is 0. The number of carbonyl (C=O) groups excluding carboxylic acids is 1. The number of rotatable bonds is 6. The molecule has 0 bridgehead atoms. The minimum atomic E-state index is -0.544. The van der Waals surface area contributed by atoms with Crippen LogP contribution in [0.5, 0.6) is 0 Å². The third-order valence-corrected chi connectivity index (χ3v) is 2.12. The summed E-state index contributed by atoms with van der Waals surface area (Å²) >= 11 is 0. The average molecular weight is 259 g/mol. The van der Waals surface area contributed by atoms with Crippen LogP contribution in [0.3, 0.4) is 0 Å². The lowest BCUT2D eigenvalue weighted by atomic mass is 10.1. The summed E-state index contributed by atoms with van der Waals surface area (Å²) in [5.41, 5.74) is 6.19. The van der Waals surface area contributed by atoms with Crippen LogP contribution in [0.1, 0.15) is 18.6 Å². The van der Waals surface area contributed by atoms with Crippen molar-refractivity contribution in [2.45, 2.75) is 13.0 Å². The van der Waals surface area contributed by atoms with Crippen LogP contribution in [0.4, 0.5) is 0 Å². The molecule has 0 saturated heterocycles. The number of hydrogen-bond acceptors (Lipinski definition) is 3. The highest BCUT2D eigenvalue weighted by Gasteiger charge is 2.19. The fourth-order valence-corrected chi connectivity index (χ4v) is 1.41. The molecule has 3 N–H and O–H groups in total. The van der Waals surface area contributed by atoms with Gasteiger partial charge in [-0.15, -0.1) is 12.4 Å². The quantitative estimate of drug-likeness (QED) is 0.808. The van der Waals surface area contributed by atoms with Gasteiger partial charge in [-0.05, 0) is 12.5 Å². The van der Waals surface area contributed by atoms with E-state index in [0.29, 0.717) is 19.7 Å². The summed E-state index contributed by atoms with van der Waals surface area (Å²) in [4.78, 5) is 11.8. The Morgan fingerprint density at radius 2 is 2.06 bits per heavy atom. The molecule has 0 heterocycles. The number of carbonyl (C=O) groups is 1. The van der Waals surface area contributed by atoms with Crippen molar-refractivity contribution in [2.24, 2.45) is 5.73 Å². The van der Waals surface area contributed by atoms with Gasteiger partial charge in [-0.1, -0.05) is 30.3 Å². The van der Waals surface area contributed by atoms with Gasteiger partial charge < -0.3 is 15.8 Å². The third kappa shape index (κ3) is 5.17. The number of halogens is 1. The molecule has 5 heteroatoms. The van der Waals surface area contributed by atoms with Crippen LogP contribution in [0.25, 0.3) is 0 Å². The van der Waals surface area contributed by atoms with E-state index >= 15 is 0 Å². The Morgan fingerprint density at radius 3 is 2.59 bits per heavy atom. The molecule has 4 nitrogen and oxygen atoms in total. The van der Waals surface area contributed by atoms with Crippen LogP contribution in [-0.2, 0) is 9.53 Å². The fraction of sp³-hybridized carbons (Fsp3) is 0.417.